The van der Waals surface area contributed by atoms with E-state index in [1.165, 1.54) is 10.6 Å². The third-order valence-corrected chi connectivity index (χ3v) is 2.99. The van der Waals surface area contributed by atoms with Crippen LogP contribution in [0.25, 0.3) is 0 Å². The van der Waals surface area contributed by atoms with Crippen molar-refractivity contribution in [3.05, 3.63) is 76.2 Å². The summed E-state index contributed by atoms with van der Waals surface area (Å²) in [5, 5.41) is 9.00. The Morgan fingerprint density at radius 1 is 1.32 bits per heavy atom. The molecular weight excluding hydrogens is 282 g/mol. The summed E-state index contributed by atoms with van der Waals surface area (Å²) >= 11 is 0. The molecule has 0 radical (unpaired) electrons. The van der Waals surface area contributed by atoms with Crippen LogP contribution in [0, 0.1) is 0 Å². The molecule has 5 heteroatoms. The number of benzene rings is 1. The van der Waals surface area contributed by atoms with Crippen molar-refractivity contribution in [1.82, 2.24) is 4.57 Å². The quantitative estimate of drug-likeness (QED) is 0.832. The lowest BCUT2D eigenvalue weighted by atomic mass is 10.1. The monoisotopic (exact) mass is 299 g/mol. The predicted octanol–water partition coefficient (Wildman–Crippen LogP) is 2.55. The molecule has 0 atom stereocenters. The second-order valence-corrected chi connectivity index (χ2v) is 5.06. The molecule has 1 N–H and O–H groups in total. The molecule has 1 heterocycles. The molecule has 1 aromatic carbocycles. The first kappa shape index (κ1) is 15.6. The van der Waals surface area contributed by atoms with Gasteiger partial charge in [-0.25, -0.2) is 4.79 Å². The van der Waals surface area contributed by atoms with E-state index in [4.69, 9.17) is 9.84 Å². The number of aromatic nitrogens is 1. The summed E-state index contributed by atoms with van der Waals surface area (Å²) in [6.45, 7) is 6.11. The lowest BCUT2D eigenvalue weighted by Gasteiger charge is -2.10. The fourth-order valence-electron chi connectivity index (χ4n) is 1.95. The zero-order valence-corrected chi connectivity index (χ0v) is 12.3. The lowest BCUT2D eigenvalue weighted by molar-refractivity contribution is 0.0696. The van der Waals surface area contributed by atoms with Gasteiger partial charge in [0.25, 0.3) is 5.56 Å². The van der Waals surface area contributed by atoms with Crippen LogP contribution < -0.4 is 10.3 Å². The zero-order chi connectivity index (χ0) is 16.1. The van der Waals surface area contributed by atoms with Gasteiger partial charge in [-0.2, -0.15) is 0 Å². The van der Waals surface area contributed by atoms with Crippen LogP contribution >= 0.6 is 0 Å². The average molecular weight is 299 g/mol. The molecule has 5 nitrogen and oxygen atoms in total. The summed E-state index contributed by atoms with van der Waals surface area (Å²) in [5.74, 6) is -0.743. The molecule has 0 amide bonds. The third-order valence-electron chi connectivity index (χ3n) is 2.99. The number of hydrogen-bond donors (Lipinski definition) is 1. The van der Waals surface area contributed by atoms with Crippen LogP contribution in [0.4, 0.5) is 0 Å². The fraction of sp³-hybridized carbons (Fsp3) is 0.176. The van der Waals surface area contributed by atoms with Gasteiger partial charge in [0.15, 0.2) is 5.75 Å². The minimum atomic E-state index is -0.993. The van der Waals surface area contributed by atoms with Crippen LogP contribution in [0.1, 0.15) is 22.8 Å². The van der Waals surface area contributed by atoms with Crippen molar-refractivity contribution in [2.75, 3.05) is 6.61 Å². The summed E-state index contributed by atoms with van der Waals surface area (Å²) in [5.41, 5.74) is 1.49. The van der Waals surface area contributed by atoms with Crippen molar-refractivity contribution in [3.63, 3.8) is 0 Å². The van der Waals surface area contributed by atoms with Crippen LogP contribution in [-0.2, 0) is 6.54 Å². The fourth-order valence-corrected chi connectivity index (χ4v) is 1.95. The number of carbonyl (C=O) groups is 1. The average Bonchev–Trinajstić information content (AvgIpc) is 2.48. The number of carboxylic acid groups (broad SMARTS) is 1. The molecule has 0 fully saturated rings. The Kier molecular flexibility index (Phi) is 4.78. The number of ether oxygens (including phenoxy) is 1. The normalized spacial score (nSPS) is 10.2. The van der Waals surface area contributed by atoms with E-state index >= 15 is 0 Å². The van der Waals surface area contributed by atoms with Gasteiger partial charge in [-0.05, 0) is 42.3 Å². The maximum absolute atomic E-state index is 12.3. The molecule has 0 spiro atoms. The van der Waals surface area contributed by atoms with Gasteiger partial charge in [0.05, 0.1) is 12.1 Å². The first-order valence-corrected chi connectivity index (χ1v) is 6.76. The molecule has 22 heavy (non-hydrogen) atoms. The van der Waals surface area contributed by atoms with Gasteiger partial charge < -0.3 is 14.4 Å². The Labute approximate surface area is 128 Å². The minimum absolute atomic E-state index is 0.195. The van der Waals surface area contributed by atoms with Crippen molar-refractivity contribution in [1.29, 1.82) is 0 Å². The van der Waals surface area contributed by atoms with Gasteiger partial charge in [-0.15, -0.1) is 0 Å². The maximum Gasteiger partial charge on any atom is 0.335 e. The van der Waals surface area contributed by atoms with E-state index in [-0.39, 0.29) is 30.0 Å². The molecule has 0 saturated heterocycles. The van der Waals surface area contributed by atoms with Crippen molar-refractivity contribution in [3.8, 4) is 5.75 Å². The van der Waals surface area contributed by atoms with Crippen LogP contribution in [0.2, 0.25) is 0 Å². The van der Waals surface area contributed by atoms with E-state index < -0.39 is 5.97 Å². The van der Waals surface area contributed by atoms with Crippen molar-refractivity contribution < 1.29 is 14.6 Å². The van der Waals surface area contributed by atoms with Crippen LogP contribution in [-0.4, -0.2) is 22.2 Å². The van der Waals surface area contributed by atoms with E-state index in [2.05, 4.69) is 6.58 Å². The van der Waals surface area contributed by atoms with Crippen LogP contribution in [0.3, 0.4) is 0 Å². The number of rotatable bonds is 6. The molecule has 1 aromatic heterocycles. The first-order valence-electron chi connectivity index (χ1n) is 6.76. The molecule has 0 aliphatic rings. The summed E-state index contributed by atoms with van der Waals surface area (Å²) in [4.78, 5) is 23.3. The Balaban J connectivity index is 2.25. The van der Waals surface area contributed by atoms with Crippen LogP contribution in [0.15, 0.2) is 59.5 Å². The second-order valence-electron chi connectivity index (χ2n) is 5.06. The van der Waals surface area contributed by atoms with Gasteiger partial charge in [0, 0.05) is 6.20 Å². The molecule has 2 rings (SSSR count). The zero-order valence-electron chi connectivity index (χ0n) is 12.3. The SMILES string of the molecule is C=C(C)COc1cccn(Cc2cccc(C(=O)O)c2)c1=O. The van der Waals surface area contributed by atoms with E-state index in [9.17, 15) is 9.59 Å². The number of aromatic carboxylic acids is 1. The topological polar surface area (TPSA) is 68.5 Å². The highest BCUT2D eigenvalue weighted by molar-refractivity contribution is 5.87. The Morgan fingerprint density at radius 3 is 2.77 bits per heavy atom. The largest absolute Gasteiger partial charge is 0.484 e. The number of carboxylic acids is 1. The van der Waals surface area contributed by atoms with Crippen LogP contribution in [0.5, 0.6) is 5.75 Å². The van der Waals surface area contributed by atoms with E-state index in [0.29, 0.717) is 0 Å². The second kappa shape index (κ2) is 6.76. The highest BCUT2D eigenvalue weighted by Gasteiger charge is 2.07. The summed E-state index contributed by atoms with van der Waals surface area (Å²) in [6.07, 6.45) is 1.64. The molecule has 2 aromatic rings. The lowest BCUT2D eigenvalue weighted by Crippen LogP contribution is -2.22. The molecule has 0 saturated carbocycles. The molecule has 0 aliphatic carbocycles. The van der Waals surface area contributed by atoms with Crippen molar-refractivity contribution in [2.24, 2.45) is 0 Å². The molecule has 114 valence electrons. The van der Waals surface area contributed by atoms with E-state index in [0.717, 1.165) is 11.1 Å². The standard InChI is InChI=1S/C17H17NO4/c1-12(2)11-22-15-7-4-8-18(16(15)19)10-13-5-3-6-14(9-13)17(20)21/h3-9H,1,10-11H2,2H3,(H,20,21). The van der Waals surface area contributed by atoms with Crippen molar-refractivity contribution in [2.45, 2.75) is 13.5 Å². The van der Waals surface area contributed by atoms with E-state index in [1.807, 2.05) is 6.92 Å². The first-order chi connectivity index (χ1) is 10.5. The maximum atomic E-state index is 12.3. The molecule has 0 unspecified atom stereocenters. The number of nitrogens with zero attached hydrogens (tertiary/aromatic N) is 1. The molecular formula is C17H17NO4. The number of hydrogen-bond acceptors (Lipinski definition) is 3. The highest BCUT2D eigenvalue weighted by atomic mass is 16.5. The van der Waals surface area contributed by atoms with Gasteiger partial charge in [0.1, 0.15) is 6.61 Å². The smallest absolute Gasteiger partial charge is 0.335 e. The highest BCUT2D eigenvalue weighted by Crippen LogP contribution is 2.09. The molecule has 0 bridgehead atoms. The third kappa shape index (κ3) is 3.85. The summed E-state index contributed by atoms with van der Waals surface area (Å²) in [6, 6.07) is 9.83. The van der Waals surface area contributed by atoms with E-state index in [1.54, 1.807) is 36.5 Å². The Bertz CT molecular complexity index is 761. The summed E-state index contributed by atoms with van der Waals surface area (Å²) < 4.78 is 6.89. The Hall–Kier alpha value is -2.82. The number of pyridine rings is 1. The van der Waals surface area contributed by atoms with Gasteiger partial charge >= 0.3 is 5.97 Å². The van der Waals surface area contributed by atoms with Gasteiger partial charge in [-0.3, -0.25) is 4.79 Å². The van der Waals surface area contributed by atoms with Gasteiger partial charge in [0.2, 0.25) is 0 Å². The molecule has 0 aliphatic heterocycles. The van der Waals surface area contributed by atoms with Gasteiger partial charge in [-0.1, -0.05) is 18.7 Å². The predicted molar refractivity (Wildman–Crippen MR) is 83.5 cm³/mol. The Morgan fingerprint density at radius 2 is 2.09 bits per heavy atom. The minimum Gasteiger partial charge on any atom is -0.484 e. The van der Waals surface area contributed by atoms with Crippen molar-refractivity contribution >= 4 is 5.97 Å². The summed E-state index contributed by atoms with van der Waals surface area (Å²) in [7, 11) is 0.